The van der Waals surface area contributed by atoms with Crippen LogP contribution in [0.1, 0.15) is 25.0 Å². The number of amides is 2. The molecule has 0 spiro atoms. The minimum Gasteiger partial charge on any atom is -0.497 e. The van der Waals surface area contributed by atoms with E-state index in [-0.39, 0.29) is 17.3 Å². The molecule has 0 aliphatic heterocycles. The van der Waals surface area contributed by atoms with Crippen LogP contribution in [0.15, 0.2) is 83.8 Å². The van der Waals surface area contributed by atoms with Gasteiger partial charge in [-0.1, -0.05) is 48.0 Å². The highest BCUT2D eigenvalue weighted by Gasteiger charge is 2.32. The predicted octanol–water partition coefficient (Wildman–Crippen LogP) is 3.75. The number of rotatable bonds is 11. The highest BCUT2D eigenvalue weighted by atomic mass is 32.2. The van der Waals surface area contributed by atoms with E-state index in [2.05, 4.69) is 5.32 Å². The molecule has 0 aliphatic rings. The first-order valence-corrected chi connectivity index (χ1v) is 13.5. The van der Waals surface area contributed by atoms with Gasteiger partial charge in [-0.2, -0.15) is 0 Å². The van der Waals surface area contributed by atoms with Crippen LogP contribution in [0.2, 0.25) is 0 Å². The van der Waals surface area contributed by atoms with Crippen molar-refractivity contribution in [1.82, 2.24) is 10.2 Å². The number of anilines is 1. The average molecular weight is 524 g/mol. The summed E-state index contributed by atoms with van der Waals surface area (Å²) >= 11 is 0. The van der Waals surface area contributed by atoms with E-state index in [9.17, 15) is 18.0 Å². The lowest BCUT2D eigenvalue weighted by Crippen LogP contribution is -2.51. The van der Waals surface area contributed by atoms with E-state index < -0.39 is 28.5 Å². The molecule has 196 valence electrons. The summed E-state index contributed by atoms with van der Waals surface area (Å²) in [5.41, 5.74) is 2.20. The van der Waals surface area contributed by atoms with E-state index in [4.69, 9.17) is 4.74 Å². The first-order chi connectivity index (χ1) is 17.7. The summed E-state index contributed by atoms with van der Waals surface area (Å²) in [6.07, 6.45) is 0. The quantitative estimate of drug-likeness (QED) is 0.413. The zero-order valence-corrected chi connectivity index (χ0v) is 22.4. The van der Waals surface area contributed by atoms with Crippen molar-refractivity contribution in [3.63, 3.8) is 0 Å². The number of methoxy groups -OCH3 is 1. The fraction of sp³-hybridized carbons (Fsp3) is 0.286. The highest BCUT2D eigenvalue weighted by molar-refractivity contribution is 7.92. The van der Waals surface area contributed by atoms with Crippen LogP contribution < -0.4 is 14.4 Å². The molecule has 9 heteroatoms. The second kappa shape index (κ2) is 12.4. The van der Waals surface area contributed by atoms with Gasteiger partial charge < -0.3 is 15.0 Å². The van der Waals surface area contributed by atoms with E-state index in [0.29, 0.717) is 18.0 Å². The second-order valence-corrected chi connectivity index (χ2v) is 10.5. The molecule has 1 atom stereocenters. The van der Waals surface area contributed by atoms with Crippen molar-refractivity contribution in [3.8, 4) is 5.75 Å². The van der Waals surface area contributed by atoms with Gasteiger partial charge >= 0.3 is 0 Å². The Morgan fingerprint density at radius 3 is 2.14 bits per heavy atom. The van der Waals surface area contributed by atoms with Crippen LogP contribution in [0, 0.1) is 6.92 Å². The van der Waals surface area contributed by atoms with Gasteiger partial charge in [-0.05, 0) is 62.7 Å². The minimum atomic E-state index is -4.09. The van der Waals surface area contributed by atoms with Crippen LogP contribution in [-0.4, -0.2) is 51.4 Å². The van der Waals surface area contributed by atoms with Crippen LogP contribution >= 0.6 is 0 Å². The molecular weight excluding hydrogens is 490 g/mol. The van der Waals surface area contributed by atoms with Gasteiger partial charge in [0.15, 0.2) is 0 Å². The largest absolute Gasteiger partial charge is 0.497 e. The van der Waals surface area contributed by atoms with Gasteiger partial charge in [0.2, 0.25) is 11.8 Å². The van der Waals surface area contributed by atoms with Gasteiger partial charge in [0.25, 0.3) is 10.0 Å². The molecule has 0 saturated heterocycles. The Hall–Kier alpha value is -3.85. The zero-order chi connectivity index (χ0) is 27.0. The molecule has 37 heavy (non-hydrogen) atoms. The number of benzene rings is 3. The summed E-state index contributed by atoms with van der Waals surface area (Å²) in [6, 6.07) is 21.2. The van der Waals surface area contributed by atoms with Crippen LogP contribution in [0.25, 0.3) is 0 Å². The van der Waals surface area contributed by atoms with Crippen molar-refractivity contribution in [1.29, 1.82) is 0 Å². The Kier molecular flexibility index (Phi) is 9.30. The number of hydrogen-bond donors (Lipinski definition) is 1. The lowest BCUT2D eigenvalue weighted by atomic mass is 10.1. The number of sulfonamides is 1. The fourth-order valence-electron chi connectivity index (χ4n) is 3.79. The fourth-order valence-corrected chi connectivity index (χ4v) is 5.23. The standard InChI is InChI=1S/C28H33N3O5S/c1-5-29-28(33)22(3)30(19-23-13-11-21(2)12-14-23)27(32)20-31(24-15-17-25(36-4)18-16-24)37(34,35)26-9-7-6-8-10-26/h6-18,22H,5,19-20H2,1-4H3,(H,29,33)/t22-/m0/s1. The summed E-state index contributed by atoms with van der Waals surface area (Å²) in [7, 11) is -2.58. The Morgan fingerprint density at radius 2 is 1.57 bits per heavy atom. The molecule has 0 aromatic heterocycles. The van der Waals surface area contributed by atoms with Crippen molar-refractivity contribution in [3.05, 3.63) is 90.0 Å². The number of ether oxygens (including phenoxy) is 1. The molecule has 3 rings (SSSR count). The first kappa shape index (κ1) is 27.7. The van der Waals surface area contributed by atoms with Crippen molar-refractivity contribution in [2.75, 3.05) is 24.5 Å². The average Bonchev–Trinajstić information content (AvgIpc) is 2.91. The maximum Gasteiger partial charge on any atom is 0.264 e. The Bertz CT molecular complexity index is 1290. The topological polar surface area (TPSA) is 96.0 Å². The number of carbonyl (C=O) groups excluding carboxylic acids is 2. The summed E-state index contributed by atoms with van der Waals surface area (Å²) in [5.74, 6) is -0.266. The molecule has 0 unspecified atom stereocenters. The molecule has 2 amide bonds. The van der Waals surface area contributed by atoms with Gasteiger partial charge in [-0.25, -0.2) is 8.42 Å². The third kappa shape index (κ3) is 6.89. The molecule has 1 N–H and O–H groups in total. The Balaban J connectivity index is 2.01. The number of hydrogen-bond acceptors (Lipinski definition) is 5. The number of likely N-dealkylation sites (N-methyl/N-ethyl adjacent to an activating group) is 1. The summed E-state index contributed by atoms with van der Waals surface area (Å²) in [4.78, 5) is 28.0. The van der Waals surface area contributed by atoms with E-state index in [1.54, 1.807) is 56.3 Å². The molecule has 0 fully saturated rings. The summed E-state index contributed by atoms with van der Waals surface area (Å²) in [6.45, 7) is 5.48. The van der Waals surface area contributed by atoms with E-state index >= 15 is 0 Å². The molecule has 0 heterocycles. The van der Waals surface area contributed by atoms with Crippen LogP contribution in [-0.2, 0) is 26.2 Å². The van der Waals surface area contributed by atoms with Gasteiger partial charge in [0, 0.05) is 13.1 Å². The normalized spacial score (nSPS) is 11.9. The Morgan fingerprint density at radius 1 is 0.946 bits per heavy atom. The molecule has 0 bridgehead atoms. The lowest BCUT2D eigenvalue weighted by Gasteiger charge is -2.32. The van der Waals surface area contributed by atoms with Gasteiger partial charge in [-0.15, -0.1) is 0 Å². The van der Waals surface area contributed by atoms with Crippen molar-refractivity contribution in [2.24, 2.45) is 0 Å². The smallest absolute Gasteiger partial charge is 0.264 e. The predicted molar refractivity (Wildman–Crippen MR) is 144 cm³/mol. The highest BCUT2D eigenvalue weighted by Crippen LogP contribution is 2.26. The van der Waals surface area contributed by atoms with Crippen LogP contribution in [0.5, 0.6) is 5.75 Å². The third-order valence-electron chi connectivity index (χ3n) is 5.96. The van der Waals surface area contributed by atoms with Crippen molar-refractivity contribution >= 4 is 27.5 Å². The van der Waals surface area contributed by atoms with Crippen LogP contribution in [0.3, 0.4) is 0 Å². The first-order valence-electron chi connectivity index (χ1n) is 12.0. The van der Waals surface area contributed by atoms with Gasteiger partial charge in [-0.3, -0.25) is 13.9 Å². The van der Waals surface area contributed by atoms with Gasteiger partial charge in [0.1, 0.15) is 18.3 Å². The third-order valence-corrected chi connectivity index (χ3v) is 7.75. The van der Waals surface area contributed by atoms with Crippen molar-refractivity contribution < 1.29 is 22.7 Å². The number of carbonyl (C=O) groups is 2. The number of aryl methyl sites for hydroxylation is 1. The minimum absolute atomic E-state index is 0.0560. The molecule has 3 aromatic carbocycles. The second-order valence-electron chi connectivity index (χ2n) is 8.60. The number of nitrogens with one attached hydrogen (secondary N) is 1. The number of nitrogens with zero attached hydrogens (tertiary/aromatic N) is 2. The molecule has 0 radical (unpaired) electrons. The molecule has 0 aliphatic carbocycles. The molecular formula is C28H33N3O5S. The van der Waals surface area contributed by atoms with Gasteiger partial charge in [0.05, 0.1) is 17.7 Å². The van der Waals surface area contributed by atoms with E-state index in [1.165, 1.54) is 24.1 Å². The summed E-state index contributed by atoms with van der Waals surface area (Å²) < 4.78 is 33.7. The zero-order valence-electron chi connectivity index (χ0n) is 21.5. The van der Waals surface area contributed by atoms with Crippen LogP contribution in [0.4, 0.5) is 5.69 Å². The molecule has 0 saturated carbocycles. The van der Waals surface area contributed by atoms with Crippen molar-refractivity contribution in [2.45, 2.75) is 38.3 Å². The summed E-state index contributed by atoms with van der Waals surface area (Å²) in [5, 5.41) is 2.75. The maximum atomic E-state index is 13.8. The SMILES string of the molecule is CCNC(=O)[C@H](C)N(Cc1ccc(C)cc1)C(=O)CN(c1ccc(OC)cc1)S(=O)(=O)c1ccccc1. The maximum absolute atomic E-state index is 13.8. The monoisotopic (exact) mass is 523 g/mol. The Labute approximate surface area is 218 Å². The molecule has 3 aromatic rings. The van der Waals surface area contributed by atoms with E-state index in [0.717, 1.165) is 15.4 Å². The lowest BCUT2D eigenvalue weighted by molar-refractivity contribution is -0.139. The van der Waals surface area contributed by atoms with E-state index in [1.807, 2.05) is 31.2 Å². The molecule has 8 nitrogen and oxygen atoms in total.